The highest BCUT2D eigenvalue weighted by Crippen LogP contribution is 2.18. The fourth-order valence-corrected chi connectivity index (χ4v) is 3.06. The number of nitrogens with one attached hydrogen (secondary N) is 1. The van der Waals surface area contributed by atoms with Gasteiger partial charge in [0.1, 0.15) is 0 Å². The van der Waals surface area contributed by atoms with Crippen molar-refractivity contribution in [2.75, 3.05) is 46.8 Å². The summed E-state index contributed by atoms with van der Waals surface area (Å²) in [5.41, 5.74) is 0. The number of hydrogen-bond donors (Lipinski definition) is 1. The molecule has 0 aromatic carbocycles. The van der Waals surface area contributed by atoms with Crippen LogP contribution in [0.25, 0.3) is 0 Å². The molecule has 0 radical (unpaired) electrons. The standard InChI is InChI=1S/C16H35N3/c1-5-7-16(13-17-10-6-2)19(4)14-15-8-11-18(3)12-9-15/h15-17H,5-14H2,1-4H3. The molecule has 1 rings (SSSR count). The molecule has 1 aliphatic rings. The van der Waals surface area contributed by atoms with Crippen LogP contribution in [0.2, 0.25) is 0 Å². The molecule has 1 fully saturated rings. The van der Waals surface area contributed by atoms with Gasteiger partial charge in [-0.2, -0.15) is 0 Å². The lowest BCUT2D eigenvalue weighted by atomic mass is 9.96. The summed E-state index contributed by atoms with van der Waals surface area (Å²) >= 11 is 0. The molecule has 0 aromatic heterocycles. The second-order valence-electron chi connectivity index (χ2n) is 6.33. The zero-order valence-electron chi connectivity index (χ0n) is 13.6. The van der Waals surface area contributed by atoms with Crippen molar-refractivity contribution in [3.05, 3.63) is 0 Å². The van der Waals surface area contributed by atoms with Gasteiger partial charge in [-0.1, -0.05) is 20.3 Å². The second kappa shape index (κ2) is 9.73. The van der Waals surface area contributed by atoms with Gasteiger partial charge in [-0.25, -0.2) is 0 Å². The van der Waals surface area contributed by atoms with Crippen LogP contribution in [0.15, 0.2) is 0 Å². The number of likely N-dealkylation sites (N-methyl/N-ethyl adjacent to an activating group) is 1. The van der Waals surface area contributed by atoms with Gasteiger partial charge in [0, 0.05) is 19.1 Å². The highest BCUT2D eigenvalue weighted by Gasteiger charge is 2.21. The third kappa shape index (κ3) is 6.73. The van der Waals surface area contributed by atoms with Gasteiger partial charge in [0.15, 0.2) is 0 Å². The monoisotopic (exact) mass is 269 g/mol. The molecular formula is C16H35N3. The van der Waals surface area contributed by atoms with Crippen LogP contribution in [-0.4, -0.2) is 62.7 Å². The summed E-state index contributed by atoms with van der Waals surface area (Å²) in [6.07, 6.45) is 6.59. The smallest absolute Gasteiger partial charge is 0.0217 e. The zero-order chi connectivity index (χ0) is 14.1. The van der Waals surface area contributed by atoms with Gasteiger partial charge in [0.2, 0.25) is 0 Å². The van der Waals surface area contributed by atoms with E-state index < -0.39 is 0 Å². The second-order valence-corrected chi connectivity index (χ2v) is 6.33. The molecule has 0 bridgehead atoms. The molecule has 19 heavy (non-hydrogen) atoms. The van der Waals surface area contributed by atoms with E-state index in [1.807, 2.05) is 0 Å². The predicted molar refractivity (Wildman–Crippen MR) is 84.7 cm³/mol. The summed E-state index contributed by atoms with van der Waals surface area (Å²) in [6.45, 7) is 10.7. The summed E-state index contributed by atoms with van der Waals surface area (Å²) in [7, 11) is 4.57. The first kappa shape index (κ1) is 16.9. The van der Waals surface area contributed by atoms with Crippen LogP contribution in [0.1, 0.15) is 46.0 Å². The van der Waals surface area contributed by atoms with Crippen LogP contribution in [0.3, 0.4) is 0 Å². The van der Waals surface area contributed by atoms with Gasteiger partial charge in [-0.15, -0.1) is 0 Å². The normalized spacial score (nSPS) is 20.1. The van der Waals surface area contributed by atoms with Gasteiger partial charge < -0.3 is 15.1 Å². The highest BCUT2D eigenvalue weighted by atomic mass is 15.2. The van der Waals surface area contributed by atoms with Crippen molar-refractivity contribution < 1.29 is 0 Å². The molecule has 114 valence electrons. The molecule has 0 amide bonds. The maximum absolute atomic E-state index is 3.60. The van der Waals surface area contributed by atoms with Crippen molar-refractivity contribution in [2.45, 2.75) is 52.0 Å². The first-order valence-electron chi connectivity index (χ1n) is 8.26. The van der Waals surface area contributed by atoms with E-state index in [2.05, 4.69) is 43.1 Å². The number of rotatable bonds is 9. The van der Waals surface area contributed by atoms with E-state index in [0.717, 1.165) is 25.0 Å². The van der Waals surface area contributed by atoms with E-state index in [-0.39, 0.29) is 0 Å². The van der Waals surface area contributed by atoms with E-state index in [1.165, 1.54) is 51.7 Å². The van der Waals surface area contributed by atoms with Gasteiger partial charge in [0.25, 0.3) is 0 Å². The maximum Gasteiger partial charge on any atom is 0.0217 e. The van der Waals surface area contributed by atoms with Gasteiger partial charge in [-0.3, -0.25) is 0 Å². The molecule has 1 unspecified atom stereocenters. The lowest BCUT2D eigenvalue weighted by molar-refractivity contribution is 0.143. The van der Waals surface area contributed by atoms with Crippen LogP contribution in [-0.2, 0) is 0 Å². The molecule has 1 N–H and O–H groups in total. The van der Waals surface area contributed by atoms with Crippen molar-refractivity contribution in [2.24, 2.45) is 5.92 Å². The largest absolute Gasteiger partial charge is 0.315 e. The Bertz CT molecular complexity index is 212. The van der Waals surface area contributed by atoms with E-state index in [9.17, 15) is 0 Å². The van der Waals surface area contributed by atoms with Crippen LogP contribution < -0.4 is 5.32 Å². The average molecular weight is 269 g/mol. The van der Waals surface area contributed by atoms with E-state index in [0.29, 0.717) is 0 Å². The predicted octanol–water partition coefficient (Wildman–Crippen LogP) is 2.43. The number of piperidine rings is 1. The fraction of sp³-hybridized carbons (Fsp3) is 1.00. The summed E-state index contributed by atoms with van der Waals surface area (Å²) < 4.78 is 0. The topological polar surface area (TPSA) is 18.5 Å². The zero-order valence-corrected chi connectivity index (χ0v) is 13.6. The molecule has 1 saturated heterocycles. The SMILES string of the molecule is CCCNCC(CCC)N(C)CC1CCN(C)CC1. The van der Waals surface area contributed by atoms with Crippen molar-refractivity contribution >= 4 is 0 Å². The molecule has 1 heterocycles. The minimum absolute atomic E-state index is 0.719. The molecular weight excluding hydrogens is 234 g/mol. The van der Waals surface area contributed by atoms with Crippen molar-refractivity contribution in [1.29, 1.82) is 0 Å². The lowest BCUT2D eigenvalue weighted by Gasteiger charge is -2.35. The molecule has 3 heteroatoms. The Balaban J connectivity index is 2.31. The fourth-order valence-electron chi connectivity index (χ4n) is 3.06. The van der Waals surface area contributed by atoms with Crippen molar-refractivity contribution in [3.63, 3.8) is 0 Å². The third-order valence-electron chi connectivity index (χ3n) is 4.44. The molecule has 0 saturated carbocycles. The van der Waals surface area contributed by atoms with Gasteiger partial charge in [0.05, 0.1) is 0 Å². The third-order valence-corrected chi connectivity index (χ3v) is 4.44. The summed E-state index contributed by atoms with van der Waals surface area (Å²) in [4.78, 5) is 5.07. The van der Waals surface area contributed by atoms with Crippen LogP contribution in [0.4, 0.5) is 0 Å². The molecule has 0 spiro atoms. The van der Waals surface area contributed by atoms with E-state index in [4.69, 9.17) is 0 Å². The maximum atomic E-state index is 3.60. The Hall–Kier alpha value is -0.120. The Labute approximate surface area is 120 Å². The van der Waals surface area contributed by atoms with Crippen molar-refractivity contribution in [1.82, 2.24) is 15.1 Å². The number of nitrogens with zero attached hydrogens (tertiary/aromatic N) is 2. The van der Waals surface area contributed by atoms with Gasteiger partial charge >= 0.3 is 0 Å². The Morgan fingerprint density at radius 3 is 2.47 bits per heavy atom. The number of hydrogen-bond acceptors (Lipinski definition) is 3. The van der Waals surface area contributed by atoms with E-state index >= 15 is 0 Å². The number of likely N-dealkylation sites (tertiary alicyclic amines) is 1. The first-order valence-corrected chi connectivity index (χ1v) is 8.26. The van der Waals surface area contributed by atoms with Gasteiger partial charge in [-0.05, 0) is 65.3 Å². The Kier molecular flexibility index (Phi) is 8.67. The Morgan fingerprint density at radius 1 is 1.21 bits per heavy atom. The molecule has 0 aliphatic carbocycles. The van der Waals surface area contributed by atoms with Crippen molar-refractivity contribution in [3.8, 4) is 0 Å². The van der Waals surface area contributed by atoms with Crippen LogP contribution >= 0.6 is 0 Å². The summed E-state index contributed by atoms with van der Waals surface area (Å²) in [6, 6.07) is 0.719. The summed E-state index contributed by atoms with van der Waals surface area (Å²) in [5.74, 6) is 0.909. The first-order chi connectivity index (χ1) is 9.17. The van der Waals surface area contributed by atoms with Crippen LogP contribution in [0.5, 0.6) is 0 Å². The lowest BCUT2D eigenvalue weighted by Crippen LogP contribution is -2.44. The summed E-state index contributed by atoms with van der Waals surface area (Å²) in [5, 5.41) is 3.60. The molecule has 3 nitrogen and oxygen atoms in total. The van der Waals surface area contributed by atoms with Crippen LogP contribution in [0, 0.1) is 5.92 Å². The Morgan fingerprint density at radius 2 is 1.89 bits per heavy atom. The quantitative estimate of drug-likeness (QED) is 0.649. The molecule has 0 aromatic rings. The molecule has 1 atom stereocenters. The highest BCUT2D eigenvalue weighted by molar-refractivity contribution is 4.77. The minimum Gasteiger partial charge on any atom is -0.315 e. The molecule has 1 aliphatic heterocycles. The minimum atomic E-state index is 0.719. The average Bonchev–Trinajstić information content (AvgIpc) is 2.40. The van der Waals surface area contributed by atoms with E-state index in [1.54, 1.807) is 0 Å².